The Kier molecular flexibility index (Phi) is 7.97. The van der Waals surface area contributed by atoms with E-state index in [-0.39, 0.29) is 29.5 Å². The summed E-state index contributed by atoms with van der Waals surface area (Å²) in [7, 11) is 0. The maximum Gasteiger partial charge on any atom is 0.303 e. The van der Waals surface area contributed by atoms with Crippen LogP contribution in [0.15, 0.2) is 11.6 Å². The number of fused-ring (bicyclic) bond motifs is 5. The number of hydrogen-bond acceptors (Lipinski definition) is 7. The summed E-state index contributed by atoms with van der Waals surface area (Å²) in [5.74, 6) is -0.588. The minimum Gasteiger partial charge on any atom is -0.459 e. The Morgan fingerprint density at radius 2 is 1.63 bits per heavy atom. The van der Waals surface area contributed by atoms with Crippen LogP contribution in [-0.2, 0) is 23.9 Å². The summed E-state index contributed by atoms with van der Waals surface area (Å²) in [5, 5.41) is 23.5. The topological polar surface area (TPSA) is 110 Å². The highest BCUT2D eigenvalue weighted by molar-refractivity contribution is 5.95. The van der Waals surface area contributed by atoms with Gasteiger partial charge in [-0.15, -0.1) is 0 Å². The molecule has 0 aromatic heterocycles. The third-order valence-corrected chi connectivity index (χ3v) is 11.1. The Bertz CT molecular complexity index is 987. The van der Waals surface area contributed by atoms with E-state index in [2.05, 4.69) is 34.6 Å². The van der Waals surface area contributed by atoms with Gasteiger partial charge in [-0.2, -0.15) is 0 Å². The first-order valence-corrected chi connectivity index (χ1v) is 14.6. The van der Waals surface area contributed by atoms with Gasteiger partial charge >= 0.3 is 11.9 Å². The number of ketones is 1. The molecular weight excluding hydrogens is 484 g/mol. The van der Waals surface area contributed by atoms with Gasteiger partial charge in [-0.1, -0.05) is 34.6 Å². The zero-order valence-electron chi connectivity index (χ0n) is 24.3. The Labute approximate surface area is 227 Å². The van der Waals surface area contributed by atoms with Crippen molar-refractivity contribution < 1.29 is 34.1 Å². The maximum absolute atomic E-state index is 13.7. The predicted molar refractivity (Wildman–Crippen MR) is 143 cm³/mol. The van der Waals surface area contributed by atoms with Gasteiger partial charge in [0.15, 0.2) is 5.78 Å². The number of rotatable bonds is 7. The van der Waals surface area contributed by atoms with E-state index in [1.54, 1.807) is 6.08 Å². The van der Waals surface area contributed by atoms with Crippen molar-refractivity contribution in [2.45, 2.75) is 124 Å². The predicted octanol–water partition coefficient (Wildman–Crippen LogP) is 4.77. The van der Waals surface area contributed by atoms with Gasteiger partial charge in [0.25, 0.3) is 0 Å². The van der Waals surface area contributed by atoms with Crippen LogP contribution in [0.4, 0.5) is 0 Å². The lowest BCUT2D eigenvalue weighted by molar-refractivity contribution is -0.186. The van der Waals surface area contributed by atoms with E-state index in [4.69, 9.17) is 9.47 Å². The molecule has 0 saturated heterocycles. The van der Waals surface area contributed by atoms with Crippen LogP contribution in [0.1, 0.15) is 99.8 Å². The molecule has 3 saturated carbocycles. The number of esters is 2. The summed E-state index contributed by atoms with van der Waals surface area (Å²) in [4.78, 5) is 37.4. The zero-order valence-corrected chi connectivity index (χ0v) is 24.3. The number of allylic oxidation sites excluding steroid dienone is 1. The molecule has 7 heteroatoms. The number of hydrogen-bond donors (Lipinski definition) is 2. The highest BCUT2D eigenvalue weighted by atomic mass is 16.6. The van der Waals surface area contributed by atoms with Crippen LogP contribution in [0.2, 0.25) is 0 Å². The third-order valence-electron chi connectivity index (χ3n) is 11.1. The van der Waals surface area contributed by atoms with Crippen molar-refractivity contribution in [3.8, 4) is 0 Å². The van der Waals surface area contributed by atoms with Gasteiger partial charge in [0.1, 0.15) is 12.2 Å². The first kappa shape index (κ1) is 29.3. The maximum atomic E-state index is 13.7. The standard InChI is InChI=1S/C31H48O7/c1-17(2)8-9-25(34)18(3)21-11-13-31(36)23-14-26(35)24-15-27(37-19(4)32)28(38-20(5)33)16-29(24,6)22(23)10-12-30(21,31)7/h14,17-18,21-22,24-25,27-28,34,36H,8-13,15-16H2,1-7H3/t18-,21+,22-,24+,25+,27+,28-,29+,30+,31+/m0/s1. The fourth-order valence-corrected chi connectivity index (χ4v) is 8.92. The monoisotopic (exact) mass is 532 g/mol. The zero-order chi connectivity index (χ0) is 28.2. The number of ether oxygens (including phenoxy) is 2. The van der Waals surface area contributed by atoms with Crippen molar-refractivity contribution in [3.05, 3.63) is 11.6 Å². The molecule has 0 aliphatic heterocycles. The molecule has 0 unspecified atom stereocenters. The SMILES string of the molecule is CC(=O)O[C@H]1C[C@@]2(C)[C@H](C[C@H]1OC(C)=O)C(=O)C=C1[C@@H]2CC[C@]2(C)[C@@H]([C@H](C)[C@H](O)CCC(C)C)CC[C@@]12O. The van der Waals surface area contributed by atoms with Crippen molar-refractivity contribution in [2.24, 2.45) is 40.4 Å². The molecular formula is C31H48O7. The molecule has 7 nitrogen and oxygen atoms in total. The molecule has 4 aliphatic carbocycles. The molecule has 214 valence electrons. The van der Waals surface area contributed by atoms with Crippen molar-refractivity contribution in [1.29, 1.82) is 0 Å². The number of aliphatic hydroxyl groups excluding tert-OH is 1. The van der Waals surface area contributed by atoms with Crippen molar-refractivity contribution in [1.82, 2.24) is 0 Å². The average molecular weight is 533 g/mol. The molecule has 0 bridgehead atoms. The molecule has 10 atom stereocenters. The quantitative estimate of drug-likeness (QED) is 0.455. The summed E-state index contributed by atoms with van der Waals surface area (Å²) < 4.78 is 11.2. The van der Waals surface area contributed by atoms with Crippen molar-refractivity contribution in [3.63, 3.8) is 0 Å². The highest BCUT2D eigenvalue weighted by Crippen LogP contribution is 2.68. The molecule has 0 heterocycles. The van der Waals surface area contributed by atoms with E-state index >= 15 is 0 Å². The minimum absolute atomic E-state index is 0.0282. The molecule has 0 radical (unpaired) electrons. The first-order chi connectivity index (χ1) is 17.6. The average Bonchev–Trinajstić information content (AvgIpc) is 3.09. The van der Waals surface area contributed by atoms with E-state index < -0.39 is 46.7 Å². The molecule has 4 rings (SSSR count). The molecule has 0 aromatic rings. The van der Waals surface area contributed by atoms with Gasteiger partial charge in [-0.05, 0) is 92.1 Å². The van der Waals surface area contributed by atoms with Crippen LogP contribution in [0, 0.1) is 40.4 Å². The Hall–Kier alpha value is -1.73. The third kappa shape index (κ3) is 4.76. The van der Waals surface area contributed by atoms with Crippen LogP contribution in [0.3, 0.4) is 0 Å². The van der Waals surface area contributed by atoms with Crippen LogP contribution in [0.5, 0.6) is 0 Å². The summed E-state index contributed by atoms with van der Waals surface area (Å²) in [5.41, 5.74) is -1.23. The van der Waals surface area contributed by atoms with Gasteiger partial charge in [0.2, 0.25) is 0 Å². The van der Waals surface area contributed by atoms with Gasteiger partial charge < -0.3 is 19.7 Å². The summed E-state index contributed by atoms with van der Waals surface area (Å²) in [6.45, 7) is 13.4. The molecule has 0 spiro atoms. The lowest BCUT2D eigenvalue weighted by Gasteiger charge is -2.60. The van der Waals surface area contributed by atoms with E-state index in [1.807, 2.05) is 0 Å². The van der Waals surface area contributed by atoms with E-state index in [9.17, 15) is 24.6 Å². The summed E-state index contributed by atoms with van der Waals surface area (Å²) in [6, 6.07) is 0. The highest BCUT2D eigenvalue weighted by Gasteiger charge is 2.67. The lowest BCUT2D eigenvalue weighted by atomic mass is 9.45. The Balaban J connectivity index is 1.65. The van der Waals surface area contributed by atoms with E-state index in [0.717, 1.165) is 37.7 Å². The summed E-state index contributed by atoms with van der Waals surface area (Å²) >= 11 is 0. The molecule has 38 heavy (non-hydrogen) atoms. The second-order valence-electron chi connectivity index (χ2n) is 13.7. The van der Waals surface area contributed by atoms with Crippen LogP contribution in [0.25, 0.3) is 0 Å². The summed E-state index contributed by atoms with van der Waals surface area (Å²) in [6.07, 6.45) is 5.47. The molecule has 0 aromatic carbocycles. The number of carbonyl (C=O) groups is 3. The largest absolute Gasteiger partial charge is 0.459 e. The van der Waals surface area contributed by atoms with Gasteiger partial charge in [-0.3, -0.25) is 14.4 Å². The first-order valence-electron chi connectivity index (χ1n) is 14.6. The lowest BCUT2D eigenvalue weighted by Crippen LogP contribution is -2.61. The second kappa shape index (κ2) is 10.3. The van der Waals surface area contributed by atoms with Crippen LogP contribution >= 0.6 is 0 Å². The van der Waals surface area contributed by atoms with Crippen LogP contribution in [-0.4, -0.2) is 51.8 Å². The molecule has 0 amide bonds. The fraction of sp³-hybridized carbons (Fsp3) is 0.839. The van der Waals surface area contributed by atoms with E-state index in [1.165, 1.54) is 13.8 Å². The normalized spacial score (nSPS) is 41.9. The smallest absolute Gasteiger partial charge is 0.303 e. The van der Waals surface area contributed by atoms with Gasteiger partial charge in [0.05, 0.1) is 11.7 Å². The van der Waals surface area contributed by atoms with Crippen molar-refractivity contribution >= 4 is 17.7 Å². The minimum atomic E-state index is -1.11. The van der Waals surface area contributed by atoms with Gasteiger partial charge in [-0.25, -0.2) is 0 Å². The molecule has 2 N–H and O–H groups in total. The van der Waals surface area contributed by atoms with Crippen LogP contribution < -0.4 is 0 Å². The van der Waals surface area contributed by atoms with Gasteiger partial charge in [0, 0.05) is 25.2 Å². The fourth-order valence-electron chi connectivity index (χ4n) is 8.92. The van der Waals surface area contributed by atoms with E-state index in [0.29, 0.717) is 25.2 Å². The molecule has 4 aliphatic rings. The Morgan fingerprint density at radius 1 is 1.00 bits per heavy atom. The second-order valence-corrected chi connectivity index (χ2v) is 13.7. The van der Waals surface area contributed by atoms with Crippen molar-refractivity contribution in [2.75, 3.05) is 0 Å². The number of aliphatic hydroxyl groups is 2. The molecule has 3 fully saturated rings. The number of carbonyl (C=O) groups excluding carboxylic acids is 3. The Morgan fingerprint density at radius 3 is 2.24 bits per heavy atom.